The van der Waals surface area contributed by atoms with Gasteiger partial charge < -0.3 is 4.57 Å². The second-order valence-electron chi connectivity index (χ2n) is 5.20. The summed E-state index contributed by atoms with van der Waals surface area (Å²) in [6, 6.07) is 8.99. The second kappa shape index (κ2) is 6.95. The zero-order valence-corrected chi connectivity index (χ0v) is 17.0. The van der Waals surface area contributed by atoms with Crippen LogP contribution in [0.3, 0.4) is 0 Å². The third-order valence-corrected chi connectivity index (χ3v) is 8.02. The van der Waals surface area contributed by atoms with E-state index >= 15 is 0 Å². The lowest BCUT2D eigenvalue weighted by molar-refractivity contribution is 0.0978. The fraction of sp³-hybridized carbons (Fsp3) is 0.0625. The number of thiophene rings is 1. The highest BCUT2D eigenvalue weighted by Crippen LogP contribution is 2.28. The SMILES string of the molecule is C=S(=O)(NC(=O)c1cn(C)c(-c2ccccc2Cl)n1)c1sccc1Br. The molecule has 3 aromatic rings. The number of amides is 1. The number of imidazole rings is 1. The largest absolute Gasteiger partial charge is 0.333 e. The number of hydrogen-bond donors (Lipinski definition) is 1. The Morgan fingerprint density at radius 3 is 2.76 bits per heavy atom. The number of nitrogens with one attached hydrogen (secondary N) is 1. The Hall–Kier alpha value is -1.61. The van der Waals surface area contributed by atoms with E-state index in [9.17, 15) is 9.00 Å². The first kappa shape index (κ1) is 18.2. The van der Waals surface area contributed by atoms with Gasteiger partial charge >= 0.3 is 0 Å². The van der Waals surface area contributed by atoms with E-state index in [1.807, 2.05) is 18.2 Å². The molecule has 0 aliphatic carbocycles. The van der Waals surface area contributed by atoms with E-state index in [-0.39, 0.29) is 5.69 Å². The van der Waals surface area contributed by atoms with Crippen molar-refractivity contribution in [1.29, 1.82) is 0 Å². The fourth-order valence-corrected chi connectivity index (χ4v) is 6.13. The van der Waals surface area contributed by atoms with Gasteiger partial charge in [0.2, 0.25) is 0 Å². The summed E-state index contributed by atoms with van der Waals surface area (Å²) in [5, 5.41) is 2.30. The van der Waals surface area contributed by atoms with Crippen LogP contribution in [0.15, 0.2) is 50.6 Å². The molecule has 0 radical (unpaired) electrons. The van der Waals surface area contributed by atoms with E-state index in [1.54, 1.807) is 35.3 Å². The maximum Gasteiger partial charge on any atom is 0.282 e. The third-order valence-electron chi connectivity index (χ3n) is 3.37. The standard InChI is InChI=1S/C16H13BrClN3O2S2/c1-21-9-13(19-14(21)10-5-3-4-6-12(10)18)15(22)20-25(2,23)16-11(17)7-8-24-16/h3-9H,2H2,1H3,(H,20,22,23). The van der Waals surface area contributed by atoms with Crippen LogP contribution in [0.2, 0.25) is 5.02 Å². The van der Waals surface area contributed by atoms with Gasteiger partial charge in [0, 0.05) is 23.3 Å². The van der Waals surface area contributed by atoms with Crippen LogP contribution in [0, 0.1) is 0 Å². The van der Waals surface area contributed by atoms with Crippen molar-refractivity contribution in [2.45, 2.75) is 4.21 Å². The van der Waals surface area contributed by atoms with E-state index in [1.165, 1.54) is 11.3 Å². The summed E-state index contributed by atoms with van der Waals surface area (Å²) >= 11 is 10.8. The molecule has 25 heavy (non-hydrogen) atoms. The van der Waals surface area contributed by atoms with Crippen LogP contribution in [-0.4, -0.2) is 25.5 Å². The first-order chi connectivity index (χ1) is 11.8. The van der Waals surface area contributed by atoms with E-state index in [0.29, 0.717) is 25.1 Å². The number of carbonyl (C=O) groups excluding carboxylic acids is 1. The second-order valence-corrected chi connectivity index (χ2v) is 9.60. The highest BCUT2D eigenvalue weighted by molar-refractivity contribution is 9.10. The Morgan fingerprint density at radius 2 is 2.12 bits per heavy atom. The lowest BCUT2D eigenvalue weighted by Gasteiger charge is -2.08. The molecule has 2 heterocycles. The minimum absolute atomic E-state index is 0.140. The molecule has 1 atom stereocenters. The van der Waals surface area contributed by atoms with E-state index in [2.05, 4.69) is 31.5 Å². The molecule has 1 N–H and O–H groups in total. The Kier molecular flexibility index (Phi) is 5.06. The van der Waals surface area contributed by atoms with Crippen molar-refractivity contribution in [2.75, 3.05) is 0 Å². The van der Waals surface area contributed by atoms with Crippen molar-refractivity contribution in [3.8, 4) is 11.4 Å². The highest BCUT2D eigenvalue weighted by Gasteiger charge is 2.20. The van der Waals surface area contributed by atoms with Gasteiger partial charge in [-0.2, -0.15) is 0 Å². The molecule has 1 amide bonds. The number of nitrogens with zero attached hydrogens (tertiary/aromatic N) is 2. The number of aromatic nitrogens is 2. The summed E-state index contributed by atoms with van der Waals surface area (Å²) in [6.07, 6.45) is 1.56. The summed E-state index contributed by atoms with van der Waals surface area (Å²) in [7, 11) is -1.21. The average molecular weight is 459 g/mol. The zero-order valence-electron chi connectivity index (χ0n) is 13.0. The Bertz CT molecular complexity index is 1060. The lowest BCUT2D eigenvalue weighted by atomic mass is 10.2. The van der Waals surface area contributed by atoms with E-state index in [0.717, 1.165) is 0 Å². The molecule has 0 saturated heterocycles. The molecular weight excluding hydrogens is 446 g/mol. The Labute approximate surface area is 162 Å². The summed E-state index contributed by atoms with van der Waals surface area (Å²) in [5.74, 6) is 3.64. The van der Waals surface area contributed by atoms with Crippen molar-refractivity contribution in [1.82, 2.24) is 14.3 Å². The van der Waals surface area contributed by atoms with Gasteiger partial charge in [0.15, 0.2) is 0 Å². The van der Waals surface area contributed by atoms with Gasteiger partial charge in [0.05, 0.1) is 14.7 Å². The van der Waals surface area contributed by atoms with Crippen molar-refractivity contribution in [3.63, 3.8) is 0 Å². The van der Waals surface area contributed by atoms with Crippen LogP contribution >= 0.6 is 38.9 Å². The van der Waals surface area contributed by atoms with Gasteiger partial charge in [-0.05, 0) is 45.4 Å². The minimum Gasteiger partial charge on any atom is -0.333 e. The van der Waals surface area contributed by atoms with Crippen LogP contribution < -0.4 is 4.72 Å². The molecule has 0 aliphatic heterocycles. The number of halogens is 2. The molecular formula is C16H13BrClN3O2S2. The summed E-state index contributed by atoms with van der Waals surface area (Å²) in [5.41, 5.74) is 0.851. The topological polar surface area (TPSA) is 64.0 Å². The van der Waals surface area contributed by atoms with E-state index < -0.39 is 15.6 Å². The average Bonchev–Trinajstić information content (AvgIpc) is 3.14. The van der Waals surface area contributed by atoms with Crippen LogP contribution in [-0.2, 0) is 16.8 Å². The Morgan fingerprint density at radius 1 is 1.40 bits per heavy atom. The van der Waals surface area contributed by atoms with Gasteiger partial charge in [-0.25, -0.2) is 9.19 Å². The summed E-state index contributed by atoms with van der Waals surface area (Å²) in [6.45, 7) is 0. The van der Waals surface area contributed by atoms with Gasteiger partial charge in [-0.1, -0.05) is 23.7 Å². The molecule has 5 nitrogen and oxygen atoms in total. The molecule has 2 aromatic heterocycles. The van der Waals surface area contributed by atoms with Gasteiger partial charge in [0.1, 0.15) is 15.7 Å². The van der Waals surface area contributed by atoms with Crippen molar-refractivity contribution in [3.05, 3.63) is 57.1 Å². The quantitative estimate of drug-likeness (QED) is 0.601. The zero-order chi connectivity index (χ0) is 18.2. The minimum atomic E-state index is -2.97. The normalized spacial score (nSPS) is 13.4. The van der Waals surface area contributed by atoms with Crippen molar-refractivity contribution >= 4 is 60.4 Å². The maximum atomic E-state index is 12.8. The first-order valence-corrected chi connectivity index (χ1v) is 10.8. The number of hydrogen-bond acceptors (Lipinski definition) is 4. The predicted molar refractivity (Wildman–Crippen MR) is 107 cm³/mol. The van der Waals surface area contributed by atoms with Gasteiger partial charge in [-0.15, -0.1) is 11.3 Å². The van der Waals surface area contributed by atoms with Gasteiger partial charge in [-0.3, -0.25) is 9.52 Å². The monoisotopic (exact) mass is 457 g/mol. The molecule has 3 rings (SSSR count). The lowest BCUT2D eigenvalue weighted by Crippen LogP contribution is -2.30. The third kappa shape index (κ3) is 3.67. The number of carbonyl (C=O) groups is 1. The summed E-state index contributed by atoms with van der Waals surface area (Å²) < 4.78 is 18.0. The molecule has 0 bridgehead atoms. The van der Waals surface area contributed by atoms with E-state index in [4.69, 9.17) is 11.6 Å². The highest BCUT2D eigenvalue weighted by atomic mass is 79.9. The molecule has 1 aromatic carbocycles. The molecule has 130 valence electrons. The van der Waals surface area contributed by atoms with Crippen LogP contribution in [0.5, 0.6) is 0 Å². The number of benzene rings is 1. The van der Waals surface area contributed by atoms with Crippen LogP contribution in [0.1, 0.15) is 10.5 Å². The number of rotatable bonds is 4. The van der Waals surface area contributed by atoms with Crippen LogP contribution in [0.4, 0.5) is 0 Å². The molecule has 9 heteroatoms. The molecule has 0 spiro atoms. The Balaban J connectivity index is 1.91. The smallest absolute Gasteiger partial charge is 0.282 e. The van der Waals surface area contributed by atoms with Crippen LogP contribution in [0.25, 0.3) is 11.4 Å². The number of aryl methyl sites for hydroxylation is 1. The molecule has 0 saturated carbocycles. The fourth-order valence-electron chi connectivity index (χ4n) is 2.23. The first-order valence-electron chi connectivity index (χ1n) is 7.00. The summed E-state index contributed by atoms with van der Waals surface area (Å²) in [4.78, 5) is 16.8. The molecule has 0 fully saturated rings. The maximum absolute atomic E-state index is 12.8. The molecule has 0 aliphatic rings. The van der Waals surface area contributed by atoms with Crippen molar-refractivity contribution in [2.24, 2.45) is 7.05 Å². The van der Waals surface area contributed by atoms with Gasteiger partial charge in [0.25, 0.3) is 5.91 Å². The predicted octanol–water partition coefficient (Wildman–Crippen LogP) is 3.98. The van der Waals surface area contributed by atoms with Crippen molar-refractivity contribution < 1.29 is 9.00 Å². The molecule has 1 unspecified atom stereocenters.